The first-order valence-electron chi connectivity index (χ1n) is 5.68. The van der Waals surface area contributed by atoms with E-state index < -0.39 is 0 Å². The van der Waals surface area contributed by atoms with Crippen molar-refractivity contribution in [2.75, 3.05) is 0 Å². The Morgan fingerprint density at radius 1 is 1.11 bits per heavy atom. The van der Waals surface area contributed by atoms with Crippen molar-refractivity contribution < 1.29 is 9.53 Å². The number of aldehydes is 1. The molecule has 0 unspecified atom stereocenters. The van der Waals surface area contributed by atoms with Gasteiger partial charge in [0, 0.05) is 0 Å². The molecule has 4 heteroatoms. The topological polar surface area (TPSA) is 52.1 Å². The monoisotopic (exact) mass is 242 g/mol. The molecule has 4 nitrogen and oxygen atoms in total. The molecule has 92 valence electrons. The standard InChI is InChI=1S/C14H14N2O2/c1-10-11(2)16-14(13(8-17)15-10)18-9-12-6-4-3-5-7-12/h3-8H,9H2,1-2H3. The second-order valence-corrected chi connectivity index (χ2v) is 3.98. The number of hydrogen-bond acceptors (Lipinski definition) is 4. The molecule has 2 aromatic rings. The summed E-state index contributed by atoms with van der Waals surface area (Å²) in [5.74, 6) is 0.289. The van der Waals surface area contributed by atoms with Crippen LogP contribution in [-0.2, 0) is 6.61 Å². The van der Waals surface area contributed by atoms with Gasteiger partial charge >= 0.3 is 0 Å². The number of hydrogen-bond donors (Lipinski definition) is 0. The maximum atomic E-state index is 10.9. The van der Waals surface area contributed by atoms with E-state index in [1.54, 1.807) is 0 Å². The number of ether oxygens (including phenoxy) is 1. The Bertz CT molecular complexity index is 553. The Morgan fingerprint density at radius 3 is 2.44 bits per heavy atom. The summed E-state index contributed by atoms with van der Waals surface area (Å²) >= 11 is 0. The lowest BCUT2D eigenvalue weighted by Gasteiger charge is -2.09. The summed E-state index contributed by atoms with van der Waals surface area (Å²) in [6.07, 6.45) is 0.666. The van der Waals surface area contributed by atoms with E-state index in [0.717, 1.165) is 17.0 Å². The van der Waals surface area contributed by atoms with Crippen molar-refractivity contribution in [3.63, 3.8) is 0 Å². The predicted molar refractivity (Wildman–Crippen MR) is 67.7 cm³/mol. The van der Waals surface area contributed by atoms with Crippen LogP contribution >= 0.6 is 0 Å². The van der Waals surface area contributed by atoms with Crippen LogP contribution in [0.3, 0.4) is 0 Å². The van der Waals surface area contributed by atoms with Crippen LogP contribution in [-0.4, -0.2) is 16.3 Å². The highest BCUT2D eigenvalue weighted by Crippen LogP contribution is 2.15. The molecule has 0 aliphatic rings. The summed E-state index contributed by atoms with van der Waals surface area (Å²) in [4.78, 5) is 19.3. The van der Waals surface area contributed by atoms with Crippen molar-refractivity contribution in [2.24, 2.45) is 0 Å². The van der Waals surface area contributed by atoms with Crippen molar-refractivity contribution in [3.8, 4) is 5.88 Å². The highest BCUT2D eigenvalue weighted by molar-refractivity contribution is 5.75. The first-order chi connectivity index (χ1) is 8.70. The predicted octanol–water partition coefficient (Wildman–Crippen LogP) is 2.48. The Balaban J connectivity index is 2.19. The second-order valence-electron chi connectivity index (χ2n) is 3.98. The minimum atomic E-state index is 0.244. The zero-order valence-corrected chi connectivity index (χ0v) is 10.4. The van der Waals surface area contributed by atoms with Crippen molar-refractivity contribution in [1.82, 2.24) is 9.97 Å². The van der Waals surface area contributed by atoms with Crippen LogP contribution < -0.4 is 4.74 Å². The number of aromatic nitrogens is 2. The number of rotatable bonds is 4. The van der Waals surface area contributed by atoms with E-state index in [1.165, 1.54) is 0 Å². The molecule has 0 N–H and O–H groups in total. The maximum Gasteiger partial charge on any atom is 0.244 e. The fourth-order valence-electron chi connectivity index (χ4n) is 1.51. The third kappa shape index (κ3) is 2.71. The van der Waals surface area contributed by atoms with Gasteiger partial charge < -0.3 is 4.74 Å². The van der Waals surface area contributed by atoms with Crippen LogP contribution in [0.15, 0.2) is 30.3 Å². The molecule has 1 heterocycles. The Morgan fingerprint density at radius 2 is 1.78 bits per heavy atom. The highest BCUT2D eigenvalue weighted by Gasteiger charge is 2.09. The molecule has 0 saturated carbocycles. The number of carbonyl (C=O) groups excluding carboxylic acids is 1. The lowest BCUT2D eigenvalue weighted by Crippen LogP contribution is -2.05. The van der Waals surface area contributed by atoms with E-state index in [9.17, 15) is 4.79 Å². The van der Waals surface area contributed by atoms with Gasteiger partial charge in [0.15, 0.2) is 12.0 Å². The number of carbonyl (C=O) groups is 1. The van der Waals surface area contributed by atoms with Gasteiger partial charge in [0.25, 0.3) is 0 Å². The molecule has 0 atom stereocenters. The molecule has 0 aliphatic heterocycles. The highest BCUT2D eigenvalue weighted by atomic mass is 16.5. The Hall–Kier alpha value is -2.23. The third-order valence-electron chi connectivity index (χ3n) is 2.63. The summed E-state index contributed by atoms with van der Waals surface area (Å²) in [7, 11) is 0. The van der Waals surface area contributed by atoms with Gasteiger partial charge in [0.2, 0.25) is 5.88 Å². The molecule has 0 fully saturated rings. The first kappa shape index (κ1) is 12.2. The Labute approximate surface area is 106 Å². The minimum Gasteiger partial charge on any atom is -0.471 e. The fraction of sp³-hybridized carbons (Fsp3) is 0.214. The first-order valence-corrected chi connectivity index (χ1v) is 5.68. The molecule has 1 aromatic heterocycles. The number of nitrogens with zero attached hydrogens (tertiary/aromatic N) is 2. The van der Waals surface area contributed by atoms with E-state index in [4.69, 9.17) is 4.74 Å². The summed E-state index contributed by atoms with van der Waals surface area (Å²) in [5, 5.41) is 0. The van der Waals surface area contributed by atoms with Crippen molar-refractivity contribution in [1.29, 1.82) is 0 Å². The van der Waals surface area contributed by atoms with Crippen LogP contribution in [0.4, 0.5) is 0 Å². The third-order valence-corrected chi connectivity index (χ3v) is 2.63. The molecule has 0 amide bonds. The van der Waals surface area contributed by atoms with Crippen molar-refractivity contribution in [2.45, 2.75) is 20.5 Å². The van der Waals surface area contributed by atoms with Gasteiger partial charge in [-0.05, 0) is 19.4 Å². The van der Waals surface area contributed by atoms with Gasteiger partial charge in [-0.2, -0.15) is 0 Å². The molecule has 0 spiro atoms. The Kier molecular flexibility index (Phi) is 3.67. The normalized spacial score (nSPS) is 10.1. The van der Waals surface area contributed by atoms with Gasteiger partial charge in [0.1, 0.15) is 6.61 Å². The SMILES string of the molecule is Cc1nc(C=O)c(OCc2ccccc2)nc1C. The van der Waals surface area contributed by atoms with E-state index in [2.05, 4.69) is 9.97 Å². The zero-order valence-electron chi connectivity index (χ0n) is 10.4. The molecule has 2 rings (SSSR count). The summed E-state index contributed by atoms with van der Waals surface area (Å²) in [6, 6.07) is 9.72. The van der Waals surface area contributed by atoms with E-state index in [-0.39, 0.29) is 11.6 Å². The maximum absolute atomic E-state index is 10.9. The summed E-state index contributed by atoms with van der Waals surface area (Å²) in [5.41, 5.74) is 2.77. The molecule has 0 radical (unpaired) electrons. The van der Waals surface area contributed by atoms with Crippen molar-refractivity contribution in [3.05, 3.63) is 53.0 Å². The van der Waals surface area contributed by atoms with Crippen LogP contribution in [0.5, 0.6) is 5.88 Å². The van der Waals surface area contributed by atoms with Crippen LogP contribution in [0.1, 0.15) is 27.4 Å². The van der Waals surface area contributed by atoms with Crippen LogP contribution in [0.2, 0.25) is 0 Å². The van der Waals surface area contributed by atoms with Gasteiger partial charge in [0.05, 0.1) is 11.4 Å². The zero-order chi connectivity index (χ0) is 13.0. The quantitative estimate of drug-likeness (QED) is 0.773. The van der Waals surface area contributed by atoms with Gasteiger partial charge in [-0.15, -0.1) is 0 Å². The van der Waals surface area contributed by atoms with E-state index >= 15 is 0 Å². The average molecular weight is 242 g/mol. The molecule has 0 aliphatic carbocycles. The molecule has 0 saturated heterocycles. The largest absolute Gasteiger partial charge is 0.471 e. The summed E-state index contributed by atoms with van der Waals surface area (Å²) in [6.45, 7) is 4.03. The lowest BCUT2D eigenvalue weighted by molar-refractivity contribution is 0.111. The van der Waals surface area contributed by atoms with Gasteiger partial charge in [-0.25, -0.2) is 9.97 Å². The average Bonchev–Trinajstić information content (AvgIpc) is 2.41. The van der Waals surface area contributed by atoms with E-state index in [1.807, 2.05) is 44.2 Å². The van der Waals surface area contributed by atoms with Crippen molar-refractivity contribution >= 4 is 6.29 Å². The molecular formula is C14H14N2O2. The fourth-order valence-corrected chi connectivity index (χ4v) is 1.51. The van der Waals surface area contributed by atoms with Crippen LogP contribution in [0, 0.1) is 13.8 Å². The molecule has 1 aromatic carbocycles. The molecular weight excluding hydrogens is 228 g/mol. The number of aryl methyl sites for hydroxylation is 2. The van der Waals surface area contributed by atoms with E-state index in [0.29, 0.717) is 12.9 Å². The summed E-state index contributed by atoms with van der Waals surface area (Å²) < 4.78 is 5.55. The second kappa shape index (κ2) is 5.40. The number of benzene rings is 1. The molecule has 0 bridgehead atoms. The molecule has 18 heavy (non-hydrogen) atoms. The van der Waals surface area contributed by atoms with Crippen LogP contribution in [0.25, 0.3) is 0 Å². The van der Waals surface area contributed by atoms with Gasteiger partial charge in [-0.1, -0.05) is 30.3 Å². The lowest BCUT2D eigenvalue weighted by atomic mass is 10.2. The smallest absolute Gasteiger partial charge is 0.244 e. The minimum absolute atomic E-state index is 0.244. The van der Waals surface area contributed by atoms with Gasteiger partial charge in [-0.3, -0.25) is 4.79 Å².